The van der Waals surface area contributed by atoms with Crippen molar-refractivity contribution in [2.45, 2.75) is 18.3 Å². The SMILES string of the molecule is Cn1ccc2ccc(C(=O)N3CCCC4(C3)C(=O)Nc3ccccc34)nc21. The number of anilines is 1. The van der Waals surface area contributed by atoms with Crippen LogP contribution in [0.25, 0.3) is 11.0 Å². The molecule has 2 aromatic heterocycles. The topological polar surface area (TPSA) is 67.2 Å². The van der Waals surface area contributed by atoms with Gasteiger partial charge in [-0.1, -0.05) is 18.2 Å². The van der Waals surface area contributed by atoms with Crippen LogP contribution in [-0.2, 0) is 17.3 Å². The Morgan fingerprint density at radius 1 is 1.19 bits per heavy atom. The number of hydrogen-bond acceptors (Lipinski definition) is 3. The van der Waals surface area contributed by atoms with Gasteiger partial charge in [-0.05, 0) is 42.7 Å². The molecule has 1 atom stereocenters. The van der Waals surface area contributed by atoms with Crippen LogP contribution in [0.4, 0.5) is 5.69 Å². The maximum Gasteiger partial charge on any atom is 0.272 e. The number of aryl methyl sites for hydroxylation is 1. The number of piperidine rings is 1. The molecule has 1 aromatic carbocycles. The van der Waals surface area contributed by atoms with E-state index in [1.54, 1.807) is 11.0 Å². The lowest BCUT2D eigenvalue weighted by molar-refractivity contribution is -0.122. The van der Waals surface area contributed by atoms with Gasteiger partial charge in [-0.3, -0.25) is 9.59 Å². The van der Waals surface area contributed by atoms with Crippen LogP contribution in [-0.4, -0.2) is 39.4 Å². The molecule has 0 bridgehead atoms. The number of carbonyl (C=O) groups is 2. The zero-order valence-electron chi connectivity index (χ0n) is 15.1. The van der Waals surface area contributed by atoms with Crippen molar-refractivity contribution in [1.82, 2.24) is 14.5 Å². The van der Waals surface area contributed by atoms with Crippen LogP contribution in [0.2, 0.25) is 0 Å². The zero-order chi connectivity index (χ0) is 18.6. The van der Waals surface area contributed by atoms with Gasteiger partial charge < -0.3 is 14.8 Å². The molecule has 5 rings (SSSR count). The molecule has 0 radical (unpaired) electrons. The number of nitrogens with zero attached hydrogens (tertiary/aromatic N) is 3. The Bertz CT molecular complexity index is 1090. The zero-order valence-corrected chi connectivity index (χ0v) is 15.1. The average molecular weight is 360 g/mol. The fourth-order valence-corrected chi connectivity index (χ4v) is 4.42. The Hall–Kier alpha value is -3.15. The second-order valence-electron chi connectivity index (χ2n) is 7.45. The lowest BCUT2D eigenvalue weighted by atomic mass is 9.75. The minimum atomic E-state index is -0.653. The molecular weight excluding hydrogens is 340 g/mol. The van der Waals surface area contributed by atoms with Gasteiger partial charge >= 0.3 is 0 Å². The van der Waals surface area contributed by atoms with Crippen LogP contribution in [0, 0.1) is 0 Å². The summed E-state index contributed by atoms with van der Waals surface area (Å²) < 4.78 is 1.91. The third-order valence-corrected chi connectivity index (χ3v) is 5.84. The van der Waals surface area contributed by atoms with Crippen molar-refractivity contribution in [3.63, 3.8) is 0 Å². The number of likely N-dealkylation sites (tertiary alicyclic amines) is 1. The summed E-state index contributed by atoms with van der Waals surface area (Å²) >= 11 is 0. The lowest BCUT2D eigenvalue weighted by Gasteiger charge is -2.38. The number of para-hydroxylation sites is 1. The Kier molecular flexibility index (Phi) is 3.37. The van der Waals surface area contributed by atoms with Crippen molar-refractivity contribution in [2.75, 3.05) is 18.4 Å². The fourth-order valence-electron chi connectivity index (χ4n) is 4.42. The van der Waals surface area contributed by atoms with Gasteiger partial charge in [0.2, 0.25) is 5.91 Å². The maximum absolute atomic E-state index is 13.2. The molecule has 2 amide bonds. The van der Waals surface area contributed by atoms with Gasteiger partial charge in [0.15, 0.2) is 0 Å². The van der Waals surface area contributed by atoms with Gasteiger partial charge in [-0.15, -0.1) is 0 Å². The number of carbonyl (C=O) groups excluding carboxylic acids is 2. The molecule has 27 heavy (non-hydrogen) atoms. The molecule has 2 aliphatic heterocycles. The van der Waals surface area contributed by atoms with E-state index in [0.717, 1.165) is 35.1 Å². The second-order valence-corrected chi connectivity index (χ2v) is 7.45. The minimum absolute atomic E-state index is 0.00736. The van der Waals surface area contributed by atoms with E-state index in [-0.39, 0.29) is 11.8 Å². The van der Waals surface area contributed by atoms with Crippen LogP contribution in [0.3, 0.4) is 0 Å². The van der Waals surface area contributed by atoms with Gasteiger partial charge in [0.25, 0.3) is 5.91 Å². The van der Waals surface area contributed by atoms with E-state index in [1.807, 2.05) is 54.2 Å². The van der Waals surface area contributed by atoms with E-state index in [2.05, 4.69) is 10.3 Å². The molecule has 1 saturated heterocycles. The van der Waals surface area contributed by atoms with Crippen molar-refractivity contribution in [1.29, 1.82) is 0 Å². The highest BCUT2D eigenvalue weighted by atomic mass is 16.2. The first-order valence-corrected chi connectivity index (χ1v) is 9.21. The van der Waals surface area contributed by atoms with Crippen LogP contribution >= 0.6 is 0 Å². The Balaban J connectivity index is 1.50. The molecule has 6 heteroatoms. The van der Waals surface area contributed by atoms with Crippen molar-refractivity contribution in [3.05, 3.63) is 59.9 Å². The number of pyridine rings is 1. The monoisotopic (exact) mass is 360 g/mol. The number of benzene rings is 1. The molecule has 2 aliphatic rings. The first-order chi connectivity index (χ1) is 13.1. The normalized spacial score (nSPS) is 21.5. The van der Waals surface area contributed by atoms with Gasteiger partial charge in [-0.2, -0.15) is 0 Å². The van der Waals surface area contributed by atoms with E-state index in [9.17, 15) is 9.59 Å². The summed E-state index contributed by atoms with van der Waals surface area (Å²) in [6.07, 6.45) is 3.48. The molecule has 136 valence electrons. The molecule has 1 unspecified atom stereocenters. The van der Waals surface area contributed by atoms with E-state index in [0.29, 0.717) is 18.8 Å². The van der Waals surface area contributed by atoms with E-state index in [1.165, 1.54) is 0 Å². The van der Waals surface area contributed by atoms with Gasteiger partial charge in [0.05, 0.1) is 5.41 Å². The Labute approximate surface area is 156 Å². The summed E-state index contributed by atoms with van der Waals surface area (Å²) in [7, 11) is 1.92. The lowest BCUT2D eigenvalue weighted by Crippen LogP contribution is -2.52. The number of nitrogens with one attached hydrogen (secondary N) is 1. The summed E-state index contributed by atoms with van der Waals surface area (Å²) in [6.45, 7) is 1.03. The predicted octanol–water partition coefficient (Wildman–Crippen LogP) is 2.70. The highest BCUT2D eigenvalue weighted by Crippen LogP contribution is 2.43. The highest BCUT2D eigenvalue weighted by molar-refractivity contribution is 6.07. The van der Waals surface area contributed by atoms with Gasteiger partial charge in [-0.25, -0.2) is 4.98 Å². The molecule has 4 heterocycles. The van der Waals surface area contributed by atoms with Crippen LogP contribution in [0.15, 0.2) is 48.7 Å². The summed E-state index contributed by atoms with van der Waals surface area (Å²) in [5.74, 6) is -0.124. The quantitative estimate of drug-likeness (QED) is 0.726. The third-order valence-electron chi connectivity index (χ3n) is 5.84. The third kappa shape index (κ3) is 2.29. The fraction of sp³-hybridized carbons (Fsp3) is 0.286. The van der Waals surface area contributed by atoms with Crippen LogP contribution in [0.1, 0.15) is 28.9 Å². The largest absolute Gasteiger partial charge is 0.336 e. The maximum atomic E-state index is 13.2. The van der Waals surface area contributed by atoms with E-state index < -0.39 is 5.41 Å². The summed E-state index contributed by atoms with van der Waals surface area (Å²) in [4.78, 5) is 32.3. The molecule has 1 spiro atoms. The van der Waals surface area contributed by atoms with Crippen molar-refractivity contribution in [3.8, 4) is 0 Å². The molecule has 1 fully saturated rings. The summed E-state index contributed by atoms with van der Waals surface area (Å²) in [5.41, 5.74) is 2.42. The average Bonchev–Trinajstić information content (AvgIpc) is 3.19. The minimum Gasteiger partial charge on any atom is -0.336 e. The molecule has 1 N–H and O–H groups in total. The molecular formula is C21H20N4O2. The number of aromatic nitrogens is 2. The first-order valence-electron chi connectivity index (χ1n) is 9.21. The molecule has 0 saturated carbocycles. The van der Waals surface area contributed by atoms with Crippen LogP contribution < -0.4 is 5.32 Å². The molecule has 6 nitrogen and oxygen atoms in total. The highest BCUT2D eigenvalue weighted by Gasteiger charge is 2.49. The Morgan fingerprint density at radius 2 is 2.04 bits per heavy atom. The van der Waals surface area contributed by atoms with E-state index >= 15 is 0 Å². The summed E-state index contributed by atoms with van der Waals surface area (Å²) in [5, 5.41) is 4.00. The predicted molar refractivity (Wildman–Crippen MR) is 103 cm³/mol. The standard InChI is InChI=1S/C21H20N4O2/c1-24-12-9-14-7-8-17(22-18(14)24)19(26)25-11-4-10-21(13-25)15-5-2-3-6-16(15)23-20(21)27/h2-3,5-9,12H,4,10-11,13H2,1H3,(H,23,27). The number of hydrogen-bond donors (Lipinski definition) is 1. The number of fused-ring (bicyclic) bond motifs is 3. The molecule has 0 aliphatic carbocycles. The van der Waals surface area contributed by atoms with Crippen molar-refractivity contribution in [2.24, 2.45) is 7.05 Å². The first kappa shape index (κ1) is 16.1. The smallest absolute Gasteiger partial charge is 0.272 e. The number of rotatable bonds is 1. The van der Waals surface area contributed by atoms with E-state index in [4.69, 9.17) is 0 Å². The second kappa shape index (κ2) is 5.67. The van der Waals surface area contributed by atoms with Crippen molar-refractivity contribution >= 4 is 28.5 Å². The van der Waals surface area contributed by atoms with Crippen molar-refractivity contribution < 1.29 is 9.59 Å². The van der Waals surface area contributed by atoms with Gasteiger partial charge in [0, 0.05) is 37.4 Å². The van der Waals surface area contributed by atoms with Crippen LogP contribution in [0.5, 0.6) is 0 Å². The van der Waals surface area contributed by atoms with Gasteiger partial charge in [0.1, 0.15) is 11.3 Å². The summed E-state index contributed by atoms with van der Waals surface area (Å²) in [6, 6.07) is 13.5. The number of amides is 2. The Morgan fingerprint density at radius 3 is 2.93 bits per heavy atom. The molecule has 3 aromatic rings.